The Bertz CT molecular complexity index is 1000. The van der Waals surface area contributed by atoms with Crippen LogP contribution in [0.3, 0.4) is 0 Å². The van der Waals surface area contributed by atoms with Gasteiger partial charge >= 0.3 is 12.1 Å². The van der Waals surface area contributed by atoms with Crippen LogP contribution in [0.1, 0.15) is 50.2 Å². The first-order valence-electron chi connectivity index (χ1n) is 11.5. The number of fused-ring (bicyclic) bond motifs is 3. The van der Waals surface area contributed by atoms with Gasteiger partial charge in [0.1, 0.15) is 12.6 Å². The number of benzene rings is 2. The number of hydrogen-bond acceptors (Lipinski definition) is 4. The predicted molar refractivity (Wildman–Crippen MR) is 124 cm³/mol. The smallest absolute Gasteiger partial charge is 0.407 e. The maximum atomic E-state index is 13.1. The van der Waals surface area contributed by atoms with Crippen molar-refractivity contribution >= 4 is 18.0 Å². The Hall–Kier alpha value is -3.35. The third-order valence-electron chi connectivity index (χ3n) is 6.37. The number of rotatable bonds is 9. The van der Waals surface area contributed by atoms with Gasteiger partial charge in [0, 0.05) is 18.5 Å². The Balaban J connectivity index is 1.44. The maximum absolute atomic E-state index is 13.1. The SMILES string of the molecule is CC(C)N(CC1CC1)C(=O)C(CC(=O)O)NC(=O)OCC1c2ccccc2-c2ccccc21. The van der Waals surface area contributed by atoms with Crippen LogP contribution < -0.4 is 5.32 Å². The minimum absolute atomic E-state index is 0.0845. The molecule has 0 aliphatic heterocycles. The zero-order chi connectivity index (χ0) is 23.5. The quantitative estimate of drug-likeness (QED) is 0.602. The number of ether oxygens (including phenoxy) is 1. The van der Waals surface area contributed by atoms with Gasteiger partial charge in [-0.1, -0.05) is 48.5 Å². The lowest BCUT2D eigenvalue weighted by Gasteiger charge is -2.30. The van der Waals surface area contributed by atoms with Crippen molar-refractivity contribution in [3.63, 3.8) is 0 Å². The minimum Gasteiger partial charge on any atom is -0.481 e. The van der Waals surface area contributed by atoms with Gasteiger partial charge in [0.2, 0.25) is 5.91 Å². The number of amides is 2. The fourth-order valence-corrected chi connectivity index (χ4v) is 4.49. The lowest BCUT2D eigenvalue weighted by molar-refractivity contribution is -0.143. The Kier molecular flexibility index (Phi) is 6.67. The molecule has 7 heteroatoms. The van der Waals surface area contributed by atoms with E-state index in [1.807, 2.05) is 50.2 Å². The molecule has 2 amide bonds. The van der Waals surface area contributed by atoms with Gasteiger partial charge in [-0.05, 0) is 54.9 Å². The van der Waals surface area contributed by atoms with Gasteiger partial charge in [0.05, 0.1) is 6.42 Å². The summed E-state index contributed by atoms with van der Waals surface area (Å²) in [5.74, 6) is -1.19. The second kappa shape index (κ2) is 9.65. The molecule has 2 aliphatic rings. The number of carboxylic acids is 1. The number of carbonyl (C=O) groups excluding carboxylic acids is 2. The number of nitrogens with one attached hydrogen (secondary N) is 1. The average Bonchev–Trinajstić information content (AvgIpc) is 3.56. The van der Waals surface area contributed by atoms with E-state index >= 15 is 0 Å². The highest BCUT2D eigenvalue weighted by atomic mass is 16.5. The van der Waals surface area contributed by atoms with Gasteiger partial charge < -0.3 is 20.1 Å². The molecular weight excluding hydrogens is 420 g/mol. The van der Waals surface area contributed by atoms with E-state index in [9.17, 15) is 19.5 Å². The molecule has 2 aromatic carbocycles. The van der Waals surface area contributed by atoms with Crippen LogP contribution in [0.5, 0.6) is 0 Å². The van der Waals surface area contributed by atoms with Crippen molar-refractivity contribution in [1.29, 1.82) is 0 Å². The van der Waals surface area contributed by atoms with Gasteiger partial charge in [-0.15, -0.1) is 0 Å². The van der Waals surface area contributed by atoms with Crippen LogP contribution in [-0.2, 0) is 14.3 Å². The second-order valence-corrected chi connectivity index (χ2v) is 9.15. The zero-order valence-electron chi connectivity index (χ0n) is 19.0. The van der Waals surface area contributed by atoms with E-state index in [2.05, 4.69) is 17.4 Å². The lowest BCUT2D eigenvalue weighted by atomic mass is 9.98. The second-order valence-electron chi connectivity index (χ2n) is 9.15. The molecule has 33 heavy (non-hydrogen) atoms. The number of nitrogens with zero attached hydrogens (tertiary/aromatic N) is 1. The van der Waals surface area contributed by atoms with Gasteiger partial charge in [-0.25, -0.2) is 4.79 Å². The van der Waals surface area contributed by atoms with Crippen LogP contribution in [0.4, 0.5) is 4.79 Å². The van der Waals surface area contributed by atoms with Gasteiger partial charge in [0.25, 0.3) is 0 Å². The first-order valence-corrected chi connectivity index (χ1v) is 11.5. The summed E-state index contributed by atoms with van der Waals surface area (Å²) in [5, 5.41) is 11.8. The van der Waals surface area contributed by atoms with Crippen molar-refractivity contribution in [2.75, 3.05) is 13.2 Å². The number of carboxylic acid groups (broad SMARTS) is 1. The van der Waals surface area contributed by atoms with Crippen molar-refractivity contribution in [2.45, 2.75) is 51.1 Å². The molecular formula is C26H30N2O5. The maximum Gasteiger partial charge on any atom is 0.407 e. The van der Waals surface area contributed by atoms with E-state index < -0.39 is 24.5 Å². The molecule has 0 radical (unpaired) electrons. The highest BCUT2D eigenvalue weighted by Gasteiger charge is 2.34. The van der Waals surface area contributed by atoms with E-state index in [1.54, 1.807) is 4.90 Å². The Labute approximate surface area is 193 Å². The van der Waals surface area contributed by atoms with Crippen molar-refractivity contribution in [2.24, 2.45) is 5.92 Å². The Morgan fingerprint density at radius 3 is 2.12 bits per heavy atom. The summed E-state index contributed by atoms with van der Waals surface area (Å²) in [4.78, 5) is 38.8. The van der Waals surface area contributed by atoms with Crippen molar-refractivity contribution in [1.82, 2.24) is 10.2 Å². The van der Waals surface area contributed by atoms with E-state index in [-0.39, 0.29) is 24.5 Å². The Morgan fingerprint density at radius 1 is 1.03 bits per heavy atom. The molecule has 1 saturated carbocycles. The van der Waals surface area contributed by atoms with E-state index in [0.29, 0.717) is 12.5 Å². The van der Waals surface area contributed by atoms with Gasteiger partial charge in [-0.2, -0.15) is 0 Å². The van der Waals surface area contributed by atoms with Crippen LogP contribution in [0.25, 0.3) is 11.1 Å². The molecule has 174 valence electrons. The summed E-state index contributed by atoms with van der Waals surface area (Å²) in [6, 6.07) is 14.8. The summed E-state index contributed by atoms with van der Waals surface area (Å²) in [7, 11) is 0. The van der Waals surface area contributed by atoms with Crippen LogP contribution in [0, 0.1) is 5.92 Å². The molecule has 1 unspecified atom stereocenters. The number of aliphatic carboxylic acids is 1. The molecule has 0 saturated heterocycles. The summed E-state index contributed by atoms with van der Waals surface area (Å²) in [5.41, 5.74) is 4.41. The van der Waals surface area contributed by atoms with Crippen molar-refractivity contribution in [3.05, 3.63) is 59.7 Å². The standard InChI is InChI=1S/C26H30N2O5/c1-16(2)28(14-17-11-12-17)25(31)23(13-24(29)30)27-26(32)33-15-22-20-9-5-3-7-18(20)19-8-4-6-10-21(19)22/h3-10,16-17,22-23H,11-15H2,1-2H3,(H,27,32)(H,29,30). The number of carbonyl (C=O) groups is 3. The third-order valence-corrected chi connectivity index (χ3v) is 6.37. The molecule has 1 fully saturated rings. The van der Waals surface area contributed by atoms with E-state index in [0.717, 1.165) is 35.1 Å². The molecule has 0 spiro atoms. The molecule has 2 N–H and O–H groups in total. The first kappa shape index (κ1) is 22.8. The predicted octanol–water partition coefficient (Wildman–Crippen LogP) is 4.02. The Morgan fingerprint density at radius 2 is 1.61 bits per heavy atom. The van der Waals surface area contributed by atoms with E-state index in [4.69, 9.17) is 4.74 Å². The largest absolute Gasteiger partial charge is 0.481 e. The third kappa shape index (κ3) is 5.18. The molecule has 2 aromatic rings. The minimum atomic E-state index is -1.17. The molecule has 2 aliphatic carbocycles. The fourth-order valence-electron chi connectivity index (χ4n) is 4.49. The topological polar surface area (TPSA) is 95.9 Å². The summed E-state index contributed by atoms with van der Waals surface area (Å²) in [6.07, 6.45) is 0.864. The highest BCUT2D eigenvalue weighted by molar-refractivity contribution is 5.89. The lowest BCUT2D eigenvalue weighted by Crippen LogP contribution is -2.52. The van der Waals surface area contributed by atoms with Crippen molar-refractivity contribution in [3.8, 4) is 11.1 Å². The van der Waals surface area contributed by atoms with Gasteiger partial charge in [0.15, 0.2) is 0 Å². The fraction of sp³-hybridized carbons (Fsp3) is 0.423. The van der Waals surface area contributed by atoms with Crippen LogP contribution in [0.15, 0.2) is 48.5 Å². The summed E-state index contributed by atoms with van der Waals surface area (Å²) in [6.45, 7) is 4.47. The van der Waals surface area contributed by atoms with Crippen molar-refractivity contribution < 1.29 is 24.2 Å². The molecule has 7 nitrogen and oxygen atoms in total. The van der Waals surface area contributed by atoms with Crippen LogP contribution in [0.2, 0.25) is 0 Å². The zero-order valence-corrected chi connectivity index (χ0v) is 19.0. The number of alkyl carbamates (subject to hydrolysis) is 1. The molecule has 0 heterocycles. The normalized spacial score (nSPS) is 15.5. The van der Waals surface area contributed by atoms with Crippen LogP contribution in [-0.4, -0.2) is 53.2 Å². The first-order chi connectivity index (χ1) is 15.8. The molecule has 0 aromatic heterocycles. The molecule has 4 rings (SSSR count). The van der Waals surface area contributed by atoms with Crippen LogP contribution >= 0.6 is 0 Å². The number of hydrogen-bond donors (Lipinski definition) is 2. The monoisotopic (exact) mass is 450 g/mol. The molecule has 1 atom stereocenters. The van der Waals surface area contributed by atoms with E-state index in [1.165, 1.54) is 0 Å². The summed E-state index contributed by atoms with van der Waals surface area (Å²) >= 11 is 0. The average molecular weight is 451 g/mol. The highest BCUT2D eigenvalue weighted by Crippen LogP contribution is 2.44. The summed E-state index contributed by atoms with van der Waals surface area (Å²) < 4.78 is 5.52. The molecule has 0 bridgehead atoms. The van der Waals surface area contributed by atoms with Gasteiger partial charge in [-0.3, -0.25) is 9.59 Å².